The second kappa shape index (κ2) is 8.23. The normalized spacial score (nSPS) is 15.6. The number of amides is 3. The minimum atomic E-state index is -0.814. The lowest BCUT2D eigenvalue weighted by Crippen LogP contribution is -2.31. The zero-order chi connectivity index (χ0) is 24.0. The van der Waals surface area contributed by atoms with Crippen molar-refractivity contribution >= 4 is 40.7 Å². The molecule has 34 heavy (non-hydrogen) atoms. The molecule has 5 N–H and O–H groups in total. The number of aromatic nitrogens is 1. The van der Waals surface area contributed by atoms with Gasteiger partial charge in [-0.1, -0.05) is 12.1 Å². The lowest BCUT2D eigenvalue weighted by molar-refractivity contribution is -0.118. The molecule has 1 aromatic heterocycles. The third kappa shape index (κ3) is 3.63. The first kappa shape index (κ1) is 21.5. The van der Waals surface area contributed by atoms with Crippen molar-refractivity contribution in [3.8, 4) is 11.1 Å². The van der Waals surface area contributed by atoms with Gasteiger partial charge in [-0.2, -0.15) is 0 Å². The molecule has 0 atom stereocenters. The number of hydrogen-bond acceptors (Lipinski definition) is 4. The number of rotatable bonds is 4. The first-order chi connectivity index (χ1) is 16.4. The molecule has 0 spiro atoms. The predicted molar refractivity (Wildman–Crippen MR) is 121 cm³/mol. The molecule has 10 heteroatoms. The summed E-state index contributed by atoms with van der Waals surface area (Å²) in [4.78, 5) is 40.0. The molecule has 5 rings (SSSR count). The number of anilines is 2. The number of fused-ring (bicyclic) bond motifs is 2. The fourth-order valence-corrected chi connectivity index (χ4v) is 4.21. The molecule has 2 aliphatic rings. The lowest BCUT2D eigenvalue weighted by Gasteiger charge is -2.14. The largest absolute Gasteiger partial charge is 0.387 e. The standard InChI is InChI=1S/C24H18F2N4O4/c25-12-3-1-11(2-4-12)21-19(28-16-5-6-27-24(34)22(16)21)8-14-13-7-15(26)18(29-20(32)10-31)9-17(13)30-23(14)33/h1-4,7-9,28,31H,5-6,10H2,(H,27,34)(H,29,32)(H,30,33)/b14-8-. The Balaban J connectivity index is 1.65. The Bertz CT molecular complexity index is 1390. The van der Waals surface area contributed by atoms with Gasteiger partial charge in [0, 0.05) is 35.5 Å². The maximum atomic E-state index is 14.6. The molecule has 3 aromatic rings. The van der Waals surface area contributed by atoms with Crippen LogP contribution in [0.25, 0.3) is 22.8 Å². The summed E-state index contributed by atoms with van der Waals surface area (Å²) < 4.78 is 28.2. The van der Waals surface area contributed by atoms with E-state index in [1.54, 1.807) is 12.1 Å². The quantitative estimate of drug-likeness (QED) is 0.381. The van der Waals surface area contributed by atoms with Crippen LogP contribution in [-0.4, -0.2) is 41.0 Å². The fraction of sp³-hybridized carbons (Fsp3) is 0.125. The third-order valence-corrected chi connectivity index (χ3v) is 5.72. The van der Waals surface area contributed by atoms with E-state index in [1.165, 1.54) is 24.3 Å². The maximum absolute atomic E-state index is 14.6. The van der Waals surface area contributed by atoms with Gasteiger partial charge < -0.3 is 26.0 Å². The predicted octanol–water partition coefficient (Wildman–Crippen LogP) is 2.67. The van der Waals surface area contributed by atoms with Crippen LogP contribution in [0.1, 0.15) is 27.3 Å². The van der Waals surface area contributed by atoms with Crippen molar-refractivity contribution in [2.75, 3.05) is 23.8 Å². The SMILES string of the molecule is O=C(CO)Nc1cc2c(cc1F)/C(=C/c1[nH]c3c(c1-c1ccc(F)cc1)C(=O)NCC3)C(=O)N2. The van der Waals surface area contributed by atoms with Crippen LogP contribution in [0.5, 0.6) is 0 Å². The number of aliphatic hydroxyl groups excluding tert-OH is 1. The van der Waals surface area contributed by atoms with Gasteiger partial charge in [0.15, 0.2) is 0 Å². The Morgan fingerprint density at radius 3 is 2.59 bits per heavy atom. The van der Waals surface area contributed by atoms with Crippen LogP contribution >= 0.6 is 0 Å². The minimum absolute atomic E-state index is 0.149. The molecule has 8 nitrogen and oxygen atoms in total. The molecular formula is C24H18F2N4O4. The van der Waals surface area contributed by atoms with E-state index in [-0.39, 0.29) is 28.4 Å². The summed E-state index contributed by atoms with van der Waals surface area (Å²) in [6, 6.07) is 8.02. The highest BCUT2D eigenvalue weighted by Gasteiger charge is 2.30. The zero-order valence-electron chi connectivity index (χ0n) is 17.6. The van der Waals surface area contributed by atoms with E-state index in [0.717, 1.165) is 6.07 Å². The van der Waals surface area contributed by atoms with Gasteiger partial charge >= 0.3 is 0 Å². The molecule has 0 bridgehead atoms. The summed E-state index contributed by atoms with van der Waals surface area (Å²) >= 11 is 0. The molecule has 0 aliphatic carbocycles. The fourth-order valence-electron chi connectivity index (χ4n) is 4.21. The highest BCUT2D eigenvalue weighted by molar-refractivity contribution is 6.35. The van der Waals surface area contributed by atoms with E-state index in [0.29, 0.717) is 41.0 Å². The van der Waals surface area contributed by atoms with Crippen molar-refractivity contribution in [3.05, 3.63) is 70.5 Å². The average molecular weight is 464 g/mol. The highest BCUT2D eigenvalue weighted by Crippen LogP contribution is 2.39. The molecule has 172 valence electrons. The molecule has 0 unspecified atom stereocenters. The van der Waals surface area contributed by atoms with E-state index >= 15 is 0 Å². The van der Waals surface area contributed by atoms with Crippen molar-refractivity contribution in [3.63, 3.8) is 0 Å². The second-order valence-corrected chi connectivity index (χ2v) is 7.88. The monoisotopic (exact) mass is 464 g/mol. The molecule has 2 aliphatic heterocycles. The van der Waals surface area contributed by atoms with Gasteiger partial charge in [-0.3, -0.25) is 14.4 Å². The Labute approximate surface area is 191 Å². The number of aliphatic hydroxyl groups is 1. The van der Waals surface area contributed by atoms with Crippen LogP contribution in [0.15, 0.2) is 36.4 Å². The van der Waals surface area contributed by atoms with Crippen molar-refractivity contribution in [1.29, 1.82) is 0 Å². The molecule has 3 amide bonds. The van der Waals surface area contributed by atoms with Gasteiger partial charge in [0.05, 0.1) is 22.5 Å². The summed E-state index contributed by atoms with van der Waals surface area (Å²) in [5, 5.41) is 16.5. The molecule has 2 aromatic carbocycles. The molecular weight excluding hydrogens is 446 g/mol. The lowest BCUT2D eigenvalue weighted by atomic mass is 9.95. The van der Waals surface area contributed by atoms with Gasteiger partial charge in [-0.25, -0.2) is 8.78 Å². The van der Waals surface area contributed by atoms with Crippen LogP contribution in [0, 0.1) is 11.6 Å². The second-order valence-electron chi connectivity index (χ2n) is 7.88. The topological polar surface area (TPSA) is 123 Å². The number of H-pyrrole nitrogens is 1. The van der Waals surface area contributed by atoms with Gasteiger partial charge in [-0.15, -0.1) is 0 Å². The number of nitrogens with one attached hydrogen (secondary N) is 4. The molecule has 0 saturated carbocycles. The number of hydrogen-bond donors (Lipinski definition) is 5. The van der Waals surface area contributed by atoms with Gasteiger partial charge in [0.25, 0.3) is 11.8 Å². The minimum Gasteiger partial charge on any atom is -0.387 e. The van der Waals surface area contributed by atoms with E-state index < -0.39 is 30.1 Å². The van der Waals surface area contributed by atoms with Crippen molar-refractivity contribution in [1.82, 2.24) is 10.3 Å². The van der Waals surface area contributed by atoms with Crippen LogP contribution in [-0.2, 0) is 16.0 Å². The Morgan fingerprint density at radius 2 is 1.85 bits per heavy atom. The number of aromatic amines is 1. The molecule has 0 radical (unpaired) electrons. The number of halogens is 2. The van der Waals surface area contributed by atoms with Crippen molar-refractivity contribution in [2.24, 2.45) is 0 Å². The first-order valence-electron chi connectivity index (χ1n) is 10.4. The van der Waals surface area contributed by atoms with Gasteiger partial charge in [-0.05, 0) is 35.9 Å². The summed E-state index contributed by atoms with van der Waals surface area (Å²) in [6.45, 7) is -0.368. The van der Waals surface area contributed by atoms with Crippen LogP contribution in [0.2, 0.25) is 0 Å². The summed E-state index contributed by atoms with van der Waals surface area (Å²) in [5.74, 6) is -2.79. The molecule has 3 heterocycles. The summed E-state index contributed by atoms with van der Waals surface area (Å²) in [5.41, 5.74) is 3.15. The summed E-state index contributed by atoms with van der Waals surface area (Å²) in [6.07, 6.45) is 2.07. The van der Waals surface area contributed by atoms with Crippen LogP contribution in [0.4, 0.5) is 20.2 Å². The third-order valence-electron chi connectivity index (χ3n) is 5.72. The van der Waals surface area contributed by atoms with Gasteiger partial charge in [0.1, 0.15) is 18.2 Å². The van der Waals surface area contributed by atoms with E-state index in [2.05, 4.69) is 20.9 Å². The Hall–Kier alpha value is -4.31. The van der Waals surface area contributed by atoms with Crippen molar-refractivity contribution in [2.45, 2.75) is 6.42 Å². The smallest absolute Gasteiger partial charge is 0.256 e. The van der Waals surface area contributed by atoms with Gasteiger partial charge in [0.2, 0.25) is 5.91 Å². The first-order valence-corrected chi connectivity index (χ1v) is 10.4. The zero-order valence-corrected chi connectivity index (χ0v) is 17.6. The van der Waals surface area contributed by atoms with E-state index in [9.17, 15) is 23.2 Å². The van der Waals surface area contributed by atoms with Crippen molar-refractivity contribution < 1.29 is 28.3 Å². The van der Waals surface area contributed by atoms with E-state index in [4.69, 9.17) is 5.11 Å². The highest BCUT2D eigenvalue weighted by atomic mass is 19.1. The molecule has 0 fully saturated rings. The number of carbonyl (C=O) groups excluding carboxylic acids is 3. The van der Waals surface area contributed by atoms with E-state index in [1.807, 2.05) is 0 Å². The number of benzene rings is 2. The van der Waals surface area contributed by atoms with Crippen LogP contribution < -0.4 is 16.0 Å². The maximum Gasteiger partial charge on any atom is 0.256 e. The van der Waals surface area contributed by atoms with Crippen LogP contribution in [0.3, 0.4) is 0 Å². The Morgan fingerprint density at radius 1 is 1.09 bits per heavy atom. The summed E-state index contributed by atoms with van der Waals surface area (Å²) in [7, 11) is 0. The average Bonchev–Trinajstić information content (AvgIpc) is 3.33. The molecule has 0 saturated heterocycles. The number of carbonyl (C=O) groups is 3. The Kier molecular flexibility index (Phi) is 5.21.